The largest absolute Gasteiger partial charge is 0.355 e. The molecule has 0 aliphatic rings. The number of benzene rings is 3. The molecule has 0 aliphatic heterocycles. The number of rotatable bonds is 10. The Labute approximate surface area is 215 Å². The number of halogens is 2. The predicted molar refractivity (Wildman–Crippen MR) is 138 cm³/mol. The number of hydrogen-bond donors (Lipinski definition) is 1. The molecule has 10 heteroatoms. The second-order valence-electron chi connectivity index (χ2n) is 8.00. The molecule has 0 fully saturated rings. The lowest BCUT2D eigenvalue weighted by Crippen LogP contribution is -2.51. The third kappa shape index (κ3) is 6.41. The summed E-state index contributed by atoms with van der Waals surface area (Å²) in [6, 6.07) is 18.6. The van der Waals surface area contributed by atoms with Crippen LogP contribution in [0.4, 0.5) is 10.1 Å². The van der Waals surface area contributed by atoms with E-state index < -0.39 is 40.2 Å². The van der Waals surface area contributed by atoms with Crippen molar-refractivity contribution >= 4 is 39.1 Å². The lowest BCUT2D eigenvalue weighted by atomic mass is 10.1. The fraction of sp³-hybridized carbons (Fsp3) is 0.231. The van der Waals surface area contributed by atoms with Crippen LogP contribution in [0.1, 0.15) is 19.4 Å². The number of nitrogens with one attached hydrogen (secondary N) is 1. The summed E-state index contributed by atoms with van der Waals surface area (Å²) in [5.74, 6) is -1.89. The van der Waals surface area contributed by atoms with Gasteiger partial charge >= 0.3 is 0 Å². The fourth-order valence-electron chi connectivity index (χ4n) is 3.62. The minimum atomic E-state index is -4.32. The Balaban J connectivity index is 2.03. The van der Waals surface area contributed by atoms with Crippen LogP contribution in [0.3, 0.4) is 0 Å². The van der Waals surface area contributed by atoms with Gasteiger partial charge in [0.1, 0.15) is 18.4 Å². The van der Waals surface area contributed by atoms with E-state index >= 15 is 0 Å². The molecule has 0 heterocycles. The average Bonchev–Trinajstić information content (AvgIpc) is 2.86. The van der Waals surface area contributed by atoms with Crippen LogP contribution in [-0.4, -0.2) is 44.3 Å². The molecule has 0 saturated heterocycles. The van der Waals surface area contributed by atoms with E-state index in [4.69, 9.17) is 11.6 Å². The summed E-state index contributed by atoms with van der Waals surface area (Å²) in [6.07, 6.45) is 0. The number of likely N-dealkylation sites (N-methyl/N-ethyl adjacent to an activating group) is 1. The van der Waals surface area contributed by atoms with Gasteiger partial charge in [-0.15, -0.1) is 0 Å². The predicted octanol–water partition coefficient (Wildman–Crippen LogP) is 4.23. The molecule has 3 aromatic rings. The first-order valence-corrected chi connectivity index (χ1v) is 13.1. The highest BCUT2D eigenvalue weighted by Crippen LogP contribution is 2.27. The van der Waals surface area contributed by atoms with Crippen LogP contribution in [-0.2, 0) is 26.2 Å². The Kier molecular flexibility index (Phi) is 9.06. The number of carbonyl (C=O) groups excluding carboxylic acids is 2. The summed E-state index contributed by atoms with van der Waals surface area (Å²) >= 11 is 6.10. The maximum absolute atomic E-state index is 14.8. The van der Waals surface area contributed by atoms with E-state index in [9.17, 15) is 22.4 Å². The van der Waals surface area contributed by atoms with E-state index in [-0.39, 0.29) is 17.1 Å². The molecule has 0 bridgehead atoms. The van der Waals surface area contributed by atoms with Crippen LogP contribution >= 0.6 is 11.6 Å². The molecule has 0 saturated carbocycles. The van der Waals surface area contributed by atoms with Crippen molar-refractivity contribution in [2.24, 2.45) is 0 Å². The number of carbonyl (C=O) groups is 2. The van der Waals surface area contributed by atoms with Gasteiger partial charge in [0.2, 0.25) is 11.8 Å². The van der Waals surface area contributed by atoms with Crippen LogP contribution in [0, 0.1) is 5.82 Å². The first-order valence-electron chi connectivity index (χ1n) is 11.3. The van der Waals surface area contributed by atoms with Gasteiger partial charge in [0, 0.05) is 18.1 Å². The topological polar surface area (TPSA) is 86.8 Å². The van der Waals surface area contributed by atoms with Crippen molar-refractivity contribution in [1.82, 2.24) is 10.2 Å². The van der Waals surface area contributed by atoms with Gasteiger partial charge in [-0.1, -0.05) is 54.1 Å². The van der Waals surface area contributed by atoms with Gasteiger partial charge in [0.05, 0.1) is 10.6 Å². The van der Waals surface area contributed by atoms with Gasteiger partial charge in [-0.25, -0.2) is 12.8 Å². The molecular weight excluding hydrogens is 505 g/mol. The van der Waals surface area contributed by atoms with Crippen molar-refractivity contribution < 1.29 is 22.4 Å². The first kappa shape index (κ1) is 27.2. The smallest absolute Gasteiger partial charge is 0.264 e. The number of para-hydroxylation sites is 1. The molecule has 0 radical (unpaired) electrons. The van der Waals surface area contributed by atoms with Crippen LogP contribution in [0.25, 0.3) is 0 Å². The molecule has 3 aromatic carbocycles. The molecule has 3 rings (SSSR count). The standard InChI is InChI=1S/C26H27ClFN3O4S/c1-3-29-26(33)19(2)30(17-20-10-9-11-21(27)16-20)25(32)18-31(24-15-8-7-14-23(24)28)36(34,35)22-12-5-4-6-13-22/h4-16,19H,3,17-18H2,1-2H3,(H,29,33)/t19-/m0/s1. The van der Waals surface area contributed by atoms with Crippen LogP contribution in [0.5, 0.6) is 0 Å². The summed E-state index contributed by atoms with van der Waals surface area (Å²) in [6.45, 7) is 2.93. The Bertz CT molecular complexity index is 1320. The molecule has 190 valence electrons. The third-order valence-corrected chi connectivity index (χ3v) is 7.50. The summed E-state index contributed by atoms with van der Waals surface area (Å²) in [5.41, 5.74) is 0.374. The monoisotopic (exact) mass is 531 g/mol. The van der Waals surface area contributed by atoms with Crippen molar-refractivity contribution in [2.45, 2.75) is 31.3 Å². The highest BCUT2D eigenvalue weighted by atomic mass is 35.5. The quantitative estimate of drug-likeness (QED) is 0.424. The number of hydrogen-bond acceptors (Lipinski definition) is 4. The number of sulfonamides is 1. The van der Waals surface area contributed by atoms with Gasteiger partial charge in [-0.2, -0.15) is 0 Å². The zero-order valence-electron chi connectivity index (χ0n) is 19.9. The lowest BCUT2D eigenvalue weighted by molar-refractivity contribution is -0.139. The minimum absolute atomic E-state index is 0.00576. The number of anilines is 1. The van der Waals surface area contributed by atoms with Gasteiger partial charge in [0.25, 0.3) is 10.0 Å². The second-order valence-corrected chi connectivity index (χ2v) is 10.3. The highest BCUT2D eigenvalue weighted by Gasteiger charge is 2.33. The molecule has 1 N–H and O–H groups in total. The SMILES string of the molecule is CCNC(=O)[C@H](C)N(Cc1cccc(Cl)c1)C(=O)CN(c1ccccc1F)S(=O)(=O)c1ccccc1. The summed E-state index contributed by atoms with van der Waals surface area (Å²) in [5, 5.41) is 3.13. The molecule has 0 spiro atoms. The summed E-state index contributed by atoms with van der Waals surface area (Å²) < 4.78 is 42.6. The van der Waals surface area contributed by atoms with Crippen molar-refractivity contribution in [2.75, 3.05) is 17.4 Å². The Morgan fingerprint density at radius 2 is 1.67 bits per heavy atom. The highest BCUT2D eigenvalue weighted by molar-refractivity contribution is 7.92. The van der Waals surface area contributed by atoms with E-state index in [1.54, 1.807) is 44.2 Å². The Morgan fingerprint density at radius 3 is 2.31 bits per heavy atom. The van der Waals surface area contributed by atoms with Gasteiger partial charge < -0.3 is 10.2 Å². The van der Waals surface area contributed by atoms with Crippen molar-refractivity contribution in [3.63, 3.8) is 0 Å². The van der Waals surface area contributed by atoms with Crippen LogP contribution < -0.4 is 9.62 Å². The molecule has 36 heavy (non-hydrogen) atoms. The Hall–Kier alpha value is -3.43. The molecule has 0 aliphatic carbocycles. The van der Waals surface area contributed by atoms with E-state index in [1.807, 2.05) is 0 Å². The normalized spacial score (nSPS) is 12.0. The van der Waals surface area contributed by atoms with Crippen molar-refractivity contribution in [1.29, 1.82) is 0 Å². The van der Waals surface area contributed by atoms with Crippen LogP contribution in [0.2, 0.25) is 5.02 Å². The van der Waals surface area contributed by atoms with E-state index in [0.717, 1.165) is 10.4 Å². The van der Waals surface area contributed by atoms with Gasteiger partial charge in [-0.3, -0.25) is 13.9 Å². The molecule has 1 atom stereocenters. The molecular formula is C26H27ClFN3O4S. The Morgan fingerprint density at radius 1 is 1.00 bits per heavy atom. The van der Waals surface area contributed by atoms with Crippen molar-refractivity contribution in [3.8, 4) is 0 Å². The minimum Gasteiger partial charge on any atom is -0.355 e. The zero-order chi connectivity index (χ0) is 26.3. The third-order valence-electron chi connectivity index (χ3n) is 5.49. The molecule has 7 nitrogen and oxygen atoms in total. The first-order chi connectivity index (χ1) is 17.1. The van der Waals surface area contributed by atoms with E-state index in [2.05, 4.69) is 5.32 Å². The van der Waals surface area contributed by atoms with Gasteiger partial charge in [-0.05, 0) is 55.8 Å². The number of nitrogens with zero attached hydrogens (tertiary/aromatic N) is 2. The van der Waals surface area contributed by atoms with E-state index in [1.165, 1.54) is 47.4 Å². The second kappa shape index (κ2) is 12.0. The molecule has 0 aromatic heterocycles. The molecule has 0 unspecified atom stereocenters. The van der Waals surface area contributed by atoms with E-state index in [0.29, 0.717) is 17.1 Å². The zero-order valence-corrected chi connectivity index (χ0v) is 21.5. The maximum Gasteiger partial charge on any atom is 0.264 e. The fourth-order valence-corrected chi connectivity index (χ4v) is 5.28. The maximum atomic E-state index is 14.8. The summed E-state index contributed by atoms with van der Waals surface area (Å²) in [7, 11) is -4.32. The van der Waals surface area contributed by atoms with Gasteiger partial charge in [0.15, 0.2) is 0 Å². The summed E-state index contributed by atoms with van der Waals surface area (Å²) in [4.78, 5) is 27.4. The molecule has 2 amide bonds. The average molecular weight is 532 g/mol. The lowest BCUT2D eigenvalue weighted by Gasteiger charge is -2.32. The van der Waals surface area contributed by atoms with Crippen molar-refractivity contribution in [3.05, 3.63) is 95.3 Å². The van der Waals surface area contributed by atoms with Crippen LogP contribution in [0.15, 0.2) is 83.8 Å². The number of amides is 2.